The lowest BCUT2D eigenvalue weighted by atomic mass is 9.82. The first-order valence-electron chi connectivity index (χ1n) is 14.5. The van der Waals surface area contributed by atoms with Gasteiger partial charge in [0, 0.05) is 31.1 Å². The summed E-state index contributed by atoms with van der Waals surface area (Å²) < 4.78 is 5.79. The van der Waals surface area contributed by atoms with E-state index in [0.717, 1.165) is 62.8 Å². The largest absolute Gasteiger partial charge is 0.493 e. The van der Waals surface area contributed by atoms with Crippen molar-refractivity contribution in [3.8, 4) is 5.75 Å². The Labute approximate surface area is 226 Å². The summed E-state index contributed by atoms with van der Waals surface area (Å²) in [5.41, 5.74) is 0.980. The average Bonchev–Trinajstić information content (AvgIpc) is 3.42. The molecule has 0 radical (unpaired) electrons. The second-order valence-electron chi connectivity index (χ2n) is 11.4. The van der Waals surface area contributed by atoms with Gasteiger partial charge in [0.05, 0.1) is 18.7 Å². The summed E-state index contributed by atoms with van der Waals surface area (Å²) in [6.45, 7) is 4.37. The van der Waals surface area contributed by atoms with Gasteiger partial charge < -0.3 is 25.6 Å². The molecule has 9 heteroatoms. The molecule has 3 amide bonds. The first-order valence-corrected chi connectivity index (χ1v) is 14.5. The Hall–Kier alpha value is -2.65. The van der Waals surface area contributed by atoms with Crippen molar-refractivity contribution < 1.29 is 19.1 Å². The van der Waals surface area contributed by atoms with Gasteiger partial charge in [-0.15, -0.1) is 0 Å². The van der Waals surface area contributed by atoms with Crippen molar-refractivity contribution in [1.82, 2.24) is 25.8 Å². The second-order valence-corrected chi connectivity index (χ2v) is 11.4. The average molecular weight is 526 g/mol. The van der Waals surface area contributed by atoms with Crippen LogP contribution in [-0.4, -0.2) is 85.0 Å². The summed E-state index contributed by atoms with van der Waals surface area (Å²) in [5.74, 6) is 0.502. The molecule has 0 bridgehead atoms. The lowest BCUT2D eigenvalue weighted by Crippen LogP contribution is -2.66. The lowest BCUT2D eigenvalue weighted by molar-refractivity contribution is -0.149. The van der Waals surface area contributed by atoms with Crippen molar-refractivity contribution in [3.05, 3.63) is 29.8 Å². The molecule has 208 valence electrons. The molecule has 3 heterocycles. The van der Waals surface area contributed by atoms with Crippen molar-refractivity contribution in [1.29, 1.82) is 0 Å². The fraction of sp³-hybridized carbons (Fsp3) is 0.690. The van der Waals surface area contributed by atoms with Gasteiger partial charge in [-0.2, -0.15) is 0 Å². The van der Waals surface area contributed by atoms with Crippen LogP contribution >= 0.6 is 0 Å². The summed E-state index contributed by atoms with van der Waals surface area (Å²) in [6, 6.07) is 6.36. The van der Waals surface area contributed by atoms with E-state index in [0.29, 0.717) is 26.1 Å². The number of piperazine rings is 1. The number of para-hydroxylation sites is 1. The molecule has 3 N–H and O–H groups in total. The van der Waals surface area contributed by atoms with E-state index in [1.165, 1.54) is 0 Å². The number of ether oxygens (including phenoxy) is 1. The van der Waals surface area contributed by atoms with Gasteiger partial charge in [-0.1, -0.05) is 37.5 Å². The van der Waals surface area contributed by atoms with Crippen LogP contribution < -0.4 is 20.7 Å². The van der Waals surface area contributed by atoms with Crippen molar-refractivity contribution in [2.24, 2.45) is 5.92 Å². The maximum atomic E-state index is 14.3. The minimum absolute atomic E-state index is 0.0944. The number of fused-ring (bicyclic) bond motifs is 2. The van der Waals surface area contributed by atoms with Gasteiger partial charge in [-0.3, -0.25) is 19.3 Å². The summed E-state index contributed by atoms with van der Waals surface area (Å²) in [5, 5.41) is 9.34. The number of nitrogens with zero attached hydrogens (tertiary/aromatic N) is 2. The van der Waals surface area contributed by atoms with Crippen molar-refractivity contribution in [3.63, 3.8) is 0 Å². The number of benzene rings is 1. The summed E-state index contributed by atoms with van der Waals surface area (Å²) in [7, 11) is 1.75. The smallest absolute Gasteiger partial charge is 0.246 e. The maximum absolute atomic E-state index is 14.3. The third-order valence-electron chi connectivity index (χ3n) is 9.06. The first-order chi connectivity index (χ1) is 18.5. The molecule has 1 aromatic carbocycles. The van der Waals surface area contributed by atoms with Crippen molar-refractivity contribution >= 4 is 17.7 Å². The quantitative estimate of drug-likeness (QED) is 0.503. The molecule has 4 aliphatic rings. The number of rotatable bonds is 7. The van der Waals surface area contributed by atoms with E-state index < -0.39 is 18.1 Å². The maximum Gasteiger partial charge on any atom is 0.246 e. The Morgan fingerprint density at radius 1 is 1.00 bits per heavy atom. The Balaban J connectivity index is 1.38. The predicted molar refractivity (Wildman–Crippen MR) is 145 cm³/mol. The zero-order valence-electron chi connectivity index (χ0n) is 22.8. The van der Waals surface area contributed by atoms with Gasteiger partial charge in [-0.25, -0.2) is 0 Å². The number of amides is 3. The van der Waals surface area contributed by atoms with Gasteiger partial charge >= 0.3 is 0 Å². The highest BCUT2D eigenvalue weighted by Crippen LogP contribution is 2.33. The highest BCUT2D eigenvalue weighted by molar-refractivity contribution is 5.93. The molecule has 1 aliphatic carbocycles. The van der Waals surface area contributed by atoms with Crippen LogP contribution in [0.4, 0.5) is 0 Å². The monoisotopic (exact) mass is 525 g/mol. The van der Waals surface area contributed by atoms with Crippen LogP contribution in [0, 0.1) is 5.92 Å². The number of likely N-dealkylation sites (N-methyl/N-ethyl adjacent to an activating group) is 1. The molecule has 2 saturated heterocycles. The van der Waals surface area contributed by atoms with Crippen LogP contribution in [0.2, 0.25) is 0 Å². The fourth-order valence-electron chi connectivity index (χ4n) is 6.68. The third kappa shape index (κ3) is 5.69. The molecular weight excluding hydrogens is 482 g/mol. The van der Waals surface area contributed by atoms with Gasteiger partial charge in [-0.05, 0) is 58.2 Å². The standard InChI is InChI=1S/C29H43N5O4/c1-19(30-2)27(35)32-26(20-9-4-3-5-10-20)29(37)34-17-21-11-8-15-33(21)18-24(34)28(36)31-23-14-16-38-25-13-7-6-12-22(23)25/h6-7,12-13,19-21,23-24,26,30H,3-5,8-11,14-18H2,1-2H3,(H,31,36)(H,32,35)/t19-,21+,23+,24?,26-/m0/s1. The minimum atomic E-state index is -0.606. The molecule has 9 nitrogen and oxygen atoms in total. The van der Waals surface area contributed by atoms with Gasteiger partial charge in [0.1, 0.15) is 17.8 Å². The van der Waals surface area contributed by atoms with Crippen LogP contribution in [-0.2, 0) is 14.4 Å². The van der Waals surface area contributed by atoms with E-state index >= 15 is 0 Å². The fourth-order valence-corrected chi connectivity index (χ4v) is 6.68. The van der Waals surface area contributed by atoms with E-state index in [1.54, 1.807) is 18.9 Å². The van der Waals surface area contributed by atoms with Crippen molar-refractivity contribution in [2.45, 2.75) is 88.5 Å². The number of carbonyl (C=O) groups is 3. The van der Waals surface area contributed by atoms with Crippen LogP contribution in [0.15, 0.2) is 24.3 Å². The highest BCUT2D eigenvalue weighted by atomic mass is 16.5. The predicted octanol–water partition coefficient (Wildman–Crippen LogP) is 1.97. The molecule has 1 aromatic rings. The van der Waals surface area contributed by atoms with Crippen LogP contribution in [0.1, 0.15) is 69.9 Å². The van der Waals surface area contributed by atoms with Crippen LogP contribution in [0.5, 0.6) is 5.75 Å². The second kappa shape index (κ2) is 12.0. The molecule has 1 saturated carbocycles. The zero-order chi connectivity index (χ0) is 26.6. The molecule has 3 aliphatic heterocycles. The number of carbonyl (C=O) groups excluding carboxylic acids is 3. The van der Waals surface area contributed by atoms with E-state index in [1.807, 2.05) is 24.3 Å². The SMILES string of the molecule is CN[C@@H](C)C(=O)N[C@H](C(=O)N1C[C@H]2CCCN2CC1C(=O)N[C@@H]1CCOc2ccccc21)C1CCCCC1. The van der Waals surface area contributed by atoms with E-state index in [-0.39, 0.29) is 35.7 Å². The molecule has 38 heavy (non-hydrogen) atoms. The molecular formula is C29H43N5O4. The molecule has 5 rings (SSSR count). The van der Waals surface area contributed by atoms with Gasteiger partial charge in [0.15, 0.2) is 0 Å². The Kier molecular flexibility index (Phi) is 8.53. The summed E-state index contributed by atoms with van der Waals surface area (Å²) in [4.78, 5) is 45.3. The summed E-state index contributed by atoms with van der Waals surface area (Å²) >= 11 is 0. The topological polar surface area (TPSA) is 103 Å². The lowest BCUT2D eigenvalue weighted by Gasteiger charge is -2.45. The first kappa shape index (κ1) is 26.9. The minimum Gasteiger partial charge on any atom is -0.493 e. The third-order valence-corrected chi connectivity index (χ3v) is 9.06. The van der Waals surface area contributed by atoms with Crippen LogP contribution in [0.3, 0.4) is 0 Å². The van der Waals surface area contributed by atoms with E-state index in [9.17, 15) is 14.4 Å². The number of hydrogen-bond donors (Lipinski definition) is 3. The van der Waals surface area contributed by atoms with Gasteiger partial charge in [0.2, 0.25) is 17.7 Å². The molecule has 5 atom stereocenters. The Morgan fingerprint density at radius 2 is 1.79 bits per heavy atom. The Bertz CT molecular complexity index is 1010. The molecule has 0 aromatic heterocycles. The Morgan fingerprint density at radius 3 is 2.58 bits per heavy atom. The van der Waals surface area contributed by atoms with Crippen LogP contribution in [0.25, 0.3) is 0 Å². The normalized spacial score (nSPS) is 27.4. The van der Waals surface area contributed by atoms with E-state index in [4.69, 9.17) is 4.74 Å². The van der Waals surface area contributed by atoms with Crippen molar-refractivity contribution in [2.75, 3.05) is 33.3 Å². The van der Waals surface area contributed by atoms with E-state index in [2.05, 4.69) is 20.9 Å². The number of hydrogen-bond acceptors (Lipinski definition) is 6. The highest BCUT2D eigenvalue weighted by Gasteiger charge is 2.45. The zero-order valence-corrected chi connectivity index (χ0v) is 22.8. The molecule has 0 spiro atoms. The molecule has 3 fully saturated rings. The summed E-state index contributed by atoms with van der Waals surface area (Å²) in [6.07, 6.45) is 7.94. The molecule has 1 unspecified atom stereocenters. The van der Waals surface area contributed by atoms with Gasteiger partial charge in [0.25, 0.3) is 0 Å². The number of nitrogens with one attached hydrogen (secondary N) is 3.